The highest BCUT2D eigenvalue weighted by molar-refractivity contribution is 7.09. The zero-order chi connectivity index (χ0) is 14.8. The third kappa shape index (κ3) is 3.46. The van der Waals surface area contributed by atoms with Gasteiger partial charge in [0, 0.05) is 30.0 Å². The normalized spacial score (nSPS) is 14.3. The van der Waals surface area contributed by atoms with Gasteiger partial charge < -0.3 is 10.4 Å². The summed E-state index contributed by atoms with van der Waals surface area (Å²) in [4.78, 5) is 15.4. The molecule has 0 amide bonds. The number of benzene rings is 1. The molecule has 1 aromatic heterocycles. The topological polar surface area (TPSA) is 62.2 Å². The molecule has 1 fully saturated rings. The molecule has 1 aliphatic rings. The van der Waals surface area contributed by atoms with E-state index in [9.17, 15) is 9.18 Å². The number of aromatic carboxylic acids is 1. The molecule has 0 radical (unpaired) electrons. The molecule has 0 unspecified atom stereocenters. The Morgan fingerprint density at radius 1 is 1.43 bits per heavy atom. The van der Waals surface area contributed by atoms with Gasteiger partial charge in [0.2, 0.25) is 0 Å². The number of aromatic nitrogens is 1. The highest BCUT2D eigenvalue weighted by Crippen LogP contribution is 2.40. The number of halogens is 1. The maximum atomic E-state index is 13.6. The van der Waals surface area contributed by atoms with Crippen molar-refractivity contribution in [3.63, 3.8) is 0 Å². The standard InChI is InChI=1S/C15H15FN2O2S/c16-12-4-3-10(15(19)20)5-11(12)6-17-7-14-18-13(8-21-14)9-1-2-9/h3-5,8-9,17H,1-2,6-7H2,(H,19,20). The Morgan fingerprint density at radius 2 is 2.24 bits per heavy atom. The van der Waals surface area contributed by atoms with Gasteiger partial charge in [-0.3, -0.25) is 0 Å². The molecule has 21 heavy (non-hydrogen) atoms. The first-order valence-corrected chi connectivity index (χ1v) is 7.68. The van der Waals surface area contributed by atoms with Gasteiger partial charge in [-0.15, -0.1) is 11.3 Å². The van der Waals surface area contributed by atoms with E-state index in [0.29, 0.717) is 18.0 Å². The number of thiazole rings is 1. The average Bonchev–Trinajstić information content (AvgIpc) is 3.20. The van der Waals surface area contributed by atoms with Gasteiger partial charge >= 0.3 is 5.97 Å². The van der Waals surface area contributed by atoms with Crippen LogP contribution in [0.4, 0.5) is 4.39 Å². The number of rotatable bonds is 6. The van der Waals surface area contributed by atoms with E-state index in [1.54, 1.807) is 11.3 Å². The first-order chi connectivity index (χ1) is 10.1. The van der Waals surface area contributed by atoms with E-state index in [0.717, 1.165) is 10.7 Å². The van der Waals surface area contributed by atoms with Crippen molar-refractivity contribution in [1.29, 1.82) is 0 Å². The van der Waals surface area contributed by atoms with Gasteiger partial charge in [-0.25, -0.2) is 14.2 Å². The summed E-state index contributed by atoms with van der Waals surface area (Å²) >= 11 is 1.60. The summed E-state index contributed by atoms with van der Waals surface area (Å²) in [7, 11) is 0. The predicted octanol–water partition coefficient (Wildman–Crippen LogP) is 3.15. The van der Waals surface area contributed by atoms with Crippen molar-refractivity contribution in [2.24, 2.45) is 0 Å². The van der Waals surface area contributed by atoms with E-state index in [1.165, 1.54) is 31.0 Å². The summed E-state index contributed by atoms with van der Waals surface area (Å²) in [5.41, 5.74) is 1.61. The number of hydrogen-bond donors (Lipinski definition) is 2. The van der Waals surface area contributed by atoms with E-state index in [1.807, 2.05) is 0 Å². The predicted molar refractivity (Wildman–Crippen MR) is 78.0 cm³/mol. The highest BCUT2D eigenvalue weighted by Gasteiger charge is 2.25. The van der Waals surface area contributed by atoms with Crippen molar-refractivity contribution in [2.45, 2.75) is 31.8 Å². The molecular weight excluding hydrogens is 291 g/mol. The molecule has 0 atom stereocenters. The molecule has 1 aromatic carbocycles. The smallest absolute Gasteiger partial charge is 0.335 e. The van der Waals surface area contributed by atoms with Gasteiger partial charge in [-0.1, -0.05) is 0 Å². The fraction of sp³-hybridized carbons (Fsp3) is 0.333. The monoisotopic (exact) mass is 306 g/mol. The molecule has 2 aromatic rings. The zero-order valence-corrected chi connectivity index (χ0v) is 12.1. The summed E-state index contributed by atoms with van der Waals surface area (Å²) in [6, 6.07) is 3.82. The summed E-state index contributed by atoms with van der Waals surface area (Å²) in [5.74, 6) is -0.810. The van der Waals surface area contributed by atoms with Crippen molar-refractivity contribution in [3.8, 4) is 0 Å². The molecule has 2 N–H and O–H groups in total. The minimum absolute atomic E-state index is 0.0958. The fourth-order valence-electron chi connectivity index (χ4n) is 2.12. The Bertz CT molecular complexity index is 667. The number of carboxylic acids is 1. The Balaban J connectivity index is 1.59. The molecule has 0 spiro atoms. The first kappa shape index (κ1) is 14.2. The molecule has 0 bridgehead atoms. The van der Waals surface area contributed by atoms with Crippen LogP contribution >= 0.6 is 11.3 Å². The number of carboxylic acid groups (broad SMARTS) is 1. The second-order valence-electron chi connectivity index (χ2n) is 5.16. The van der Waals surface area contributed by atoms with Crippen LogP contribution in [0.25, 0.3) is 0 Å². The molecule has 1 aliphatic carbocycles. The lowest BCUT2D eigenvalue weighted by molar-refractivity contribution is 0.0696. The van der Waals surface area contributed by atoms with Crippen molar-refractivity contribution in [2.75, 3.05) is 0 Å². The fourth-order valence-corrected chi connectivity index (χ4v) is 2.97. The van der Waals surface area contributed by atoms with Crippen molar-refractivity contribution in [3.05, 3.63) is 51.2 Å². The lowest BCUT2D eigenvalue weighted by atomic mass is 10.1. The second kappa shape index (κ2) is 5.91. The highest BCUT2D eigenvalue weighted by atomic mass is 32.1. The molecular formula is C15H15FN2O2S. The second-order valence-corrected chi connectivity index (χ2v) is 6.10. The van der Waals surface area contributed by atoms with E-state index in [2.05, 4.69) is 15.7 Å². The van der Waals surface area contributed by atoms with Crippen LogP contribution in [0, 0.1) is 5.82 Å². The molecule has 3 rings (SSSR count). The van der Waals surface area contributed by atoms with Gasteiger partial charge in [0.1, 0.15) is 10.8 Å². The van der Waals surface area contributed by atoms with Crippen LogP contribution in [0.2, 0.25) is 0 Å². The lowest BCUT2D eigenvalue weighted by Crippen LogP contribution is -2.14. The minimum atomic E-state index is -1.05. The third-order valence-electron chi connectivity index (χ3n) is 3.45. The number of carbonyl (C=O) groups is 1. The summed E-state index contributed by atoms with van der Waals surface area (Å²) in [6.45, 7) is 0.847. The summed E-state index contributed by atoms with van der Waals surface area (Å²) < 4.78 is 13.6. The van der Waals surface area contributed by atoms with Gasteiger partial charge in [0.15, 0.2) is 0 Å². The Hall–Kier alpha value is -1.79. The maximum absolute atomic E-state index is 13.6. The van der Waals surface area contributed by atoms with E-state index in [-0.39, 0.29) is 12.1 Å². The first-order valence-electron chi connectivity index (χ1n) is 6.80. The quantitative estimate of drug-likeness (QED) is 0.860. The number of nitrogens with zero attached hydrogens (tertiary/aromatic N) is 1. The molecule has 0 aliphatic heterocycles. The Labute approximate surface area is 125 Å². The van der Waals surface area contributed by atoms with Crippen LogP contribution in [0.3, 0.4) is 0 Å². The molecule has 0 saturated heterocycles. The molecule has 110 valence electrons. The Kier molecular flexibility index (Phi) is 3.98. The van der Waals surface area contributed by atoms with Gasteiger partial charge in [0.25, 0.3) is 0 Å². The van der Waals surface area contributed by atoms with Crippen LogP contribution < -0.4 is 5.32 Å². The lowest BCUT2D eigenvalue weighted by Gasteiger charge is -2.05. The van der Waals surface area contributed by atoms with Crippen molar-refractivity contribution < 1.29 is 14.3 Å². The molecule has 6 heteroatoms. The van der Waals surface area contributed by atoms with E-state index >= 15 is 0 Å². The number of hydrogen-bond acceptors (Lipinski definition) is 4. The molecule has 1 heterocycles. The van der Waals surface area contributed by atoms with Gasteiger partial charge in [0.05, 0.1) is 11.3 Å². The molecule has 1 saturated carbocycles. The van der Waals surface area contributed by atoms with Crippen LogP contribution in [0.15, 0.2) is 23.6 Å². The number of nitrogens with one attached hydrogen (secondary N) is 1. The van der Waals surface area contributed by atoms with Crippen LogP contribution in [-0.2, 0) is 13.1 Å². The SMILES string of the molecule is O=C(O)c1ccc(F)c(CNCc2nc(C3CC3)cs2)c1. The largest absolute Gasteiger partial charge is 0.478 e. The van der Waals surface area contributed by atoms with Crippen LogP contribution in [0.5, 0.6) is 0 Å². The minimum Gasteiger partial charge on any atom is -0.478 e. The molecule has 4 nitrogen and oxygen atoms in total. The van der Waals surface area contributed by atoms with E-state index in [4.69, 9.17) is 5.11 Å². The van der Waals surface area contributed by atoms with Crippen molar-refractivity contribution >= 4 is 17.3 Å². The van der Waals surface area contributed by atoms with Gasteiger partial charge in [-0.2, -0.15) is 0 Å². The zero-order valence-electron chi connectivity index (χ0n) is 11.3. The Morgan fingerprint density at radius 3 is 2.95 bits per heavy atom. The maximum Gasteiger partial charge on any atom is 0.335 e. The van der Waals surface area contributed by atoms with Crippen LogP contribution in [-0.4, -0.2) is 16.1 Å². The third-order valence-corrected chi connectivity index (χ3v) is 4.32. The summed E-state index contributed by atoms with van der Waals surface area (Å²) in [6.07, 6.45) is 2.45. The van der Waals surface area contributed by atoms with Gasteiger partial charge in [-0.05, 0) is 31.0 Å². The average molecular weight is 306 g/mol. The van der Waals surface area contributed by atoms with E-state index < -0.39 is 11.8 Å². The van der Waals surface area contributed by atoms with Crippen LogP contribution in [0.1, 0.15) is 45.4 Å². The summed E-state index contributed by atoms with van der Waals surface area (Å²) in [5, 5.41) is 15.1. The van der Waals surface area contributed by atoms with Crippen molar-refractivity contribution in [1.82, 2.24) is 10.3 Å².